The van der Waals surface area contributed by atoms with Gasteiger partial charge in [-0.05, 0) is 31.9 Å². The molecular weight excluding hydrogens is 448 g/mol. The van der Waals surface area contributed by atoms with Gasteiger partial charge in [-0.2, -0.15) is 0 Å². The summed E-state index contributed by atoms with van der Waals surface area (Å²) in [6, 6.07) is 6.66. The lowest BCUT2D eigenvalue weighted by Gasteiger charge is -2.02. The number of aromatic nitrogens is 2. The third kappa shape index (κ3) is 5.69. The van der Waals surface area contributed by atoms with Crippen LogP contribution >= 0.6 is 11.6 Å². The van der Waals surface area contributed by atoms with Gasteiger partial charge in [0, 0.05) is 25.0 Å². The van der Waals surface area contributed by atoms with E-state index in [4.69, 9.17) is 20.8 Å². The summed E-state index contributed by atoms with van der Waals surface area (Å²) in [7, 11) is 0. The molecule has 1 N–H and O–H groups in total. The number of ether oxygens (including phenoxy) is 1. The molecule has 0 amide bonds. The van der Waals surface area contributed by atoms with Crippen molar-refractivity contribution in [2.24, 2.45) is 0 Å². The summed E-state index contributed by atoms with van der Waals surface area (Å²) >= 11 is 6.41. The number of esters is 1. The molecule has 0 atom stereocenters. The minimum atomic E-state index is -0.135. The number of carbonyl (C=O) groups excluding carboxylic acids is 1. The quantitative estimate of drug-likeness (QED) is 0.305. The molecule has 0 aliphatic rings. The molecular formula is C20H22BrClN2O4. The van der Waals surface area contributed by atoms with E-state index in [0.29, 0.717) is 40.6 Å². The normalized spacial score (nSPS) is 10.6. The van der Waals surface area contributed by atoms with Crippen molar-refractivity contribution in [3.8, 4) is 17.2 Å². The van der Waals surface area contributed by atoms with Crippen LogP contribution in [0.5, 0.6) is 5.75 Å². The maximum Gasteiger partial charge on any atom is 0.305 e. The maximum atomic E-state index is 11.3. The summed E-state index contributed by atoms with van der Waals surface area (Å²) in [5, 5.41) is 10.1. The molecule has 0 aliphatic heterocycles. The molecule has 0 saturated heterocycles. The number of benzene rings is 1. The Hall–Kier alpha value is -2.12. The average Bonchev–Trinajstić information content (AvgIpc) is 3.04. The van der Waals surface area contributed by atoms with E-state index >= 15 is 0 Å². The minimum absolute atomic E-state index is 0. The number of phenolic OH excluding ortho intramolecular Hbond substituents is 1. The SMILES string of the molecule is CCOC(=O)CCCCC[n+]1ccc(-c2nc3ccc(O)cc3o2)c(Cl)c1.[Br-]. The predicted octanol–water partition coefficient (Wildman–Crippen LogP) is 1.27. The predicted molar refractivity (Wildman–Crippen MR) is 101 cm³/mol. The number of oxazole rings is 1. The van der Waals surface area contributed by atoms with E-state index in [9.17, 15) is 9.90 Å². The summed E-state index contributed by atoms with van der Waals surface area (Å²) in [6.07, 6.45) is 6.95. The summed E-state index contributed by atoms with van der Waals surface area (Å²) < 4.78 is 12.6. The highest BCUT2D eigenvalue weighted by atomic mass is 79.9. The number of carbonyl (C=O) groups is 1. The van der Waals surface area contributed by atoms with Crippen molar-refractivity contribution in [1.82, 2.24) is 4.98 Å². The molecule has 150 valence electrons. The molecule has 0 radical (unpaired) electrons. The van der Waals surface area contributed by atoms with Crippen molar-refractivity contribution >= 4 is 28.7 Å². The summed E-state index contributed by atoms with van der Waals surface area (Å²) in [5.41, 5.74) is 1.88. The zero-order chi connectivity index (χ0) is 19.2. The first-order valence-corrected chi connectivity index (χ1v) is 9.38. The van der Waals surface area contributed by atoms with Crippen LogP contribution in [0.1, 0.15) is 32.6 Å². The number of hydrogen-bond donors (Lipinski definition) is 1. The lowest BCUT2D eigenvalue weighted by molar-refractivity contribution is -0.697. The van der Waals surface area contributed by atoms with Crippen LogP contribution in [0.3, 0.4) is 0 Å². The zero-order valence-electron chi connectivity index (χ0n) is 15.5. The smallest absolute Gasteiger partial charge is 0.305 e. The number of hydrogen-bond acceptors (Lipinski definition) is 5. The molecule has 0 saturated carbocycles. The molecule has 3 aromatic rings. The highest BCUT2D eigenvalue weighted by Crippen LogP contribution is 2.30. The van der Waals surface area contributed by atoms with Gasteiger partial charge in [0.05, 0.1) is 12.2 Å². The van der Waals surface area contributed by atoms with E-state index in [-0.39, 0.29) is 28.7 Å². The van der Waals surface area contributed by atoms with Crippen molar-refractivity contribution < 1.29 is 40.6 Å². The molecule has 8 heteroatoms. The van der Waals surface area contributed by atoms with Crippen molar-refractivity contribution in [3.63, 3.8) is 0 Å². The van der Waals surface area contributed by atoms with Gasteiger partial charge in [-0.15, -0.1) is 0 Å². The van der Waals surface area contributed by atoms with Crippen molar-refractivity contribution in [3.05, 3.63) is 41.7 Å². The summed E-state index contributed by atoms with van der Waals surface area (Å²) in [5.74, 6) is 0.413. The number of fused-ring (bicyclic) bond motifs is 1. The molecule has 1 aromatic carbocycles. The molecule has 0 bridgehead atoms. The topological polar surface area (TPSA) is 76.4 Å². The molecule has 0 spiro atoms. The fourth-order valence-electron chi connectivity index (χ4n) is 2.82. The number of nitrogens with zero attached hydrogens (tertiary/aromatic N) is 2. The van der Waals surface area contributed by atoms with Crippen LogP contribution in [0.15, 0.2) is 41.1 Å². The van der Waals surface area contributed by atoms with Crippen LogP contribution in [-0.2, 0) is 16.1 Å². The van der Waals surface area contributed by atoms with Gasteiger partial charge in [0.1, 0.15) is 22.8 Å². The standard InChI is InChI=1S/C20H21ClN2O4.BrH/c1-2-26-19(25)6-4-3-5-10-23-11-9-15(16(21)13-23)20-22-17-8-7-14(24)12-18(17)27-20;/h7-9,11-13H,2-6,10H2,1H3;1H. The number of aryl methyl sites for hydroxylation is 1. The van der Waals surface area contributed by atoms with Gasteiger partial charge in [-0.1, -0.05) is 11.6 Å². The Morgan fingerprint density at radius 3 is 2.86 bits per heavy atom. The van der Waals surface area contributed by atoms with Gasteiger partial charge in [-0.3, -0.25) is 4.79 Å². The third-order valence-corrected chi connectivity index (χ3v) is 4.48. The molecule has 6 nitrogen and oxygen atoms in total. The van der Waals surface area contributed by atoms with E-state index in [1.807, 2.05) is 30.0 Å². The Bertz CT molecular complexity index is 945. The van der Waals surface area contributed by atoms with Crippen LogP contribution in [0.25, 0.3) is 22.6 Å². The Kier molecular flexibility index (Phi) is 8.26. The number of halogens is 2. The second-order valence-electron chi connectivity index (χ2n) is 6.23. The molecule has 2 aromatic heterocycles. The number of unbranched alkanes of at least 4 members (excludes halogenated alkanes) is 2. The fraction of sp³-hybridized carbons (Fsp3) is 0.350. The first-order valence-electron chi connectivity index (χ1n) is 9.01. The van der Waals surface area contributed by atoms with Gasteiger partial charge >= 0.3 is 5.97 Å². The number of aromatic hydroxyl groups is 1. The van der Waals surface area contributed by atoms with E-state index < -0.39 is 0 Å². The van der Waals surface area contributed by atoms with Crippen LogP contribution in [-0.4, -0.2) is 22.7 Å². The van der Waals surface area contributed by atoms with Gasteiger partial charge in [0.15, 0.2) is 18.0 Å². The molecule has 0 unspecified atom stereocenters. The third-order valence-electron chi connectivity index (χ3n) is 4.17. The lowest BCUT2D eigenvalue weighted by Crippen LogP contribution is -3.00. The summed E-state index contributed by atoms with van der Waals surface area (Å²) in [6.45, 7) is 3.05. The van der Waals surface area contributed by atoms with Crippen molar-refractivity contribution in [1.29, 1.82) is 0 Å². The van der Waals surface area contributed by atoms with Crippen LogP contribution in [0, 0.1) is 0 Å². The van der Waals surface area contributed by atoms with Crippen LogP contribution in [0.4, 0.5) is 0 Å². The van der Waals surface area contributed by atoms with Crippen LogP contribution < -0.4 is 21.5 Å². The summed E-state index contributed by atoms with van der Waals surface area (Å²) in [4.78, 5) is 15.7. The Morgan fingerprint density at radius 1 is 1.29 bits per heavy atom. The van der Waals surface area contributed by atoms with E-state index in [2.05, 4.69) is 4.98 Å². The number of rotatable bonds is 8. The molecule has 0 aliphatic carbocycles. The second-order valence-corrected chi connectivity index (χ2v) is 6.64. The van der Waals surface area contributed by atoms with Gasteiger partial charge in [0.25, 0.3) is 0 Å². The molecule has 3 rings (SSSR count). The highest BCUT2D eigenvalue weighted by Gasteiger charge is 2.15. The first-order chi connectivity index (χ1) is 13.1. The van der Waals surface area contributed by atoms with Crippen molar-refractivity contribution in [2.45, 2.75) is 39.2 Å². The van der Waals surface area contributed by atoms with Gasteiger partial charge in [-0.25, -0.2) is 9.55 Å². The Balaban J connectivity index is 0.00000280. The Morgan fingerprint density at radius 2 is 2.11 bits per heavy atom. The Labute approximate surface area is 178 Å². The highest BCUT2D eigenvalue weighted by molar-refractivity contribution is 6.32. The van der Waals surface area contributed by atoms with E-state index in [1.54, 1.807) is 12.1 Å². The monoisotopic (exact) mass is 468 g/mol. The van der Waals surface area contributed by atoms with Crippen LogP contribution in [0.2, 0.25) is 5.02 Å². The number of pyridine rings is 1. The first kappa shape index (κ1) is 22.2. The van der Waals surface area contributed by atoms with Crippen molar-refractivity contribution in [2.75, 3.05) is 6.61 Å². The number of phenols is 1. The minimum Gasteiger partial charge on any atom is -1.00 e. The average molecular weight is 470 g/mol. The van der Waals surface area contributed by atoms with Gasteiger partial charge < -0.3 is 31.2 Å². The maximum absolute atomic E-state index is 11.3. The molecule has 28 heavy (non-hydrogen) atoms. The lowest BCUT2D eigenvalue weighted by atomic mass is 10.2. The largest absolute Gasteiger partial charge is 1.00 e. The second kappa shape index (κ2) is 10.4. The zero-order valence-corrected chi connectivity index (χ0v) is 17.9. The van der Waals surface area contributed by atoms with E-state index in [0.717, 1.165) is 25.8 Å². The molecule has 0 fully saturated rings. The fourth-order valence-corrected chi connectivity index (χ4v) is 3.09. The molecule has 2 heterocycles. The van der Waals surface area contributed by atoms with Gasteiger partial charge in [0.2, 0.25) is 5.89 Å². The van der Waals surface area contributed by atoms with E-state index in [1.165, 1.54) is 6.07 Å².